The number of aliphatic hydroxyl groups excluding tert-OH is 1. The van der Waals surface area contributed by atoms with Gasteiger partial charge in [0.05, 0.1) is 0 Å². The minimum atomic E-state index is -3.71. The van der Waals surface area contributed by atoms with Gasteiger partial charge in [-0.15, -0.1) is 0 Å². The Morgan fingerprint density at radius 3 is 2.00 bits per heavy atom. The van der Waals surface area contributed by atoms with Crippen molar-refractivity contribution in [3.05, 3.63) is 0 Å². The average Bonchev–Trinajstić information content (AvgIpc) is 1.36. The van der Waals surface area contributed by atoms with E-state index in [9.17, 15) is 5.48 Å². The summed E-state index contributed by atoms with van der Waals surface area (Å²) in [5.41, 5.74) is 17.8. The first-order chi connectivity index (χ1) is 2.64. The summed E-state index contributed by atoms with van der Waals surface area (Å²) in [6.07, 6.45) is 0. The quantitative estimate of drug-likeness (QED) is 0.654. The second-order valence-electron chi connectivity index (χ2n) is 1.33. The van der Waals surface area contributed by atoms with Crippen LogP contribution in [0.1, 0.15) is 6.92 Å². The Morgan fingerprint density at radius 2 is 2.00 bits per heavy atom. The van der Waals surface area contributed by atoms with Crippen molar-refractivity contribution in [2.24, 2.45) is 0 Å². The summed E-state index contributed by atoms with van der Waals surface area (Å²) in [5.74, 6) is 0. The first-order valence-corrected chi connectivity index (χ1v) is 11.1. The molecule has 0 aliphatic rings. The SMILES string of the molecule is C[C@@H](O)[Db](=[O])[OH]. The van der Waals surface area contributed by atoms with E-state index in [1.807, 2.05) is 0 Å². The molecule has 0 aliphatic heterocycles. The van der Waals surface area contributed by atoms with Crippen molar-refractivity contribution in [3.63, 3.8) is 0 Å². The van der Waals surface area contributed by atoms with Gasteiger partial charge < -0.3 is 0 Å². The molecule has 0 aromatic carbocycles. The standard InChI is InChI=1S/C2H5O.Db.H2O.O/c1-2-3;;;/h2-3H,1H3;;1H2;/q;+1;;/p-1. The summed E-state index contributed by atoms with van der Waals surface area (Å²) in [4.78, 5) is 0. The van der Waals surface area contributed by atoms with E-state index in [2.05, 4.69) is 0 Å². The second-order valence-corrected chi connectivity index (χ2v) is 11.1. The molecule has 0 spiro atoms. The normalized spacial score (nSPS) is 13.8. The van der Waals surface area contributed by atoms with Crippen molar-refractivity contribution in [2.45, 2.75) is 13.5 Å². The van der Waals surface area contributed by atoms with Crippen LogP contribution >= 0.6 is 0 Å². The van der Waals surface area contributed by atoms with Crippen LogP contribution in [0.15, 0.2) is 0 Å². The molecule has 6 heavy (non-hydrogen) atoms. The summed E-state index contributed by atoms with van der Waals surface area (Å²) >= 11 is 0. The van der Waals surface area contributed by atoms with Crippen molar-refractivity contribution >= 4 is 0 Å². The predicted molar refractivity (Wildman–Crippen MR) is 14.6 cm³/mol. The molecule has 0 radical (unpaired) electrons. The molecule has 1 atom stereocenters. The molecule has 0 aliphatic carbocycles. The van der Waals surface area contributed by atoms with Crippen LogP contribution in [0.4, 0.5) is 0 Å². The van der Waals surface area contributed by atoms with Crippen LogP contribution in [-0.2, 0) is 5.48 Å². The van der Waals surface area contributed by atoms with Gasteiger partial charge in [-0.25, -0.2) is 0 Å². The predicted octanol–water partition coefficient (Wildman–Crippen LogP) is -0.802. The third kappa shape index (κ3) is 1.09. The van der Waals surface area contributed by atoms with E-state index in [0.717, 1.165) is 0 Å². The van der Waals surface area contributed by atoms with Gasteiger partial charge in [-0.05, 0) is 0 Å². The molecule has 4 heteroatoms. The Hall–Kier alpha value is -1.28. The Balaban J connectivity index is 3.26. The van der Waals surface area contributed by atoms with Crippen LogP contribution in [0.25, 0.3) is 0 Å². The third-order valence-corrected chi connectivity index (χ3v) is 5.10. The molecule has 3 nitrogen and oxygen atoms in total. The van der Waals surface area contributed by atoms with Gasteiger partial charge >= 0.3 is 29.6 Å². The zero-order valence-electron chi connectivity index (χ0n) is 3.59. The molecule has 0 fully saturated rings. The minimum absolute atomic E-state index is 0.912. The average molecular weight is 346 g/mol. The van der Waals surface area contributed by atoms with Crippen LogP contribution in [0.5, 0.6) is 0 Å². The van der Waals surface area contributed by atoms with Crippen LogP contribution in [0.3, 0.4) is 0 Å². The van der Waals surface area contributed by atoms with E-state index < -0.39 is 6.61 Å². The number of hydrogen-bond donors (Lipinski definition) is 2. The fourth-order valence-electron chi connectivity index (χ4n) is 0. The van der Waals surface area contributed by atoms with E-state index in [4.69, 9.17) is 10.6 Å². The fraction of sp³-hybridized carbons (Fsp3) is 1.00. The fourth-order valence-corrected chi connectivity index (χ4v) is 0. The van der Waals surface area contributed by atoms with Gasteiger partial charge in [0.2, 0.25) is 0 Å². The van der Waals surface area contributed by atoms with E-state index in [-0.39, 0.29) is 0 Å². The second kappa shape index (κ2) is 1.24. The Kier molecular flexibility index (Phi) is 0.972. The molecule has 0 heterocycles. The topological polar surface area (TPSA) is 57.5 Å². The zero-order valence-corrected chi connectivity index (χ0v) is 10.0. The molecular weight excluding hydrogens is 340 g/mol. The van der Waals surface area contributed by atoms with Crippen molar-refractivity contribution in [1.29, 1.82) is 0 Å². The van der Waals surface area contributed by atoms with E-state index in [0.29, 0.717) is 0 Å². The number of aliphatic hydroxyl groups is 1. The Bertz CT molecular complexity index is 59.8. The van der Waals surface area contributed by atoms with Gasteiger partial charge in [0, 0.05) is 0 Å². The molecule has 0 aromatic heterocycles. The van der Waals surface area contributed by atoms with E-state index >= 15 is 0 Å². The monoisotopic (exact) mass is 346 g/mol. The van der Waals surface area contributed by atoms with Crippen LogP contribution in [-0.4, -0.2) is 17.2 Å². The van der Waals surface area contributed by atoms with Crippen molar-refractivity contribution in [3.8, 4) is 0 Å². The molecule has 0 saturated heterocycles. The first-order valence-electron chi connectivity index (χ1n) is 1.85. The molecule has 0 rings (SSSR count). The maximum atomic E-state index is 9.77. The van der Waals surface area contributed by atoms with Gasteiger partial charge in [0.15, 0.2) is 0 Å². The molecule has 0 saturated carbocycles. The van der Waals surface area contributed by atoms with Gasteiger partial charge in [-0.3, -0.25) is 0 Å². The van der Waals surface area contributed by atoms with Gasteiger partial charge in [0.25, 0.3) is 0 Å². The summed E-state index contributed by atoms with van der Waals surface area (Å²) in [7, 11) is 0. The Labute approximate surface area is 30.9 Å². The summed E-state index contributed by atoms with van der Waals surface area (Å²) < 4.78 is -3.71. The first kappa shape index (κ1) is 4.72. The van der Waals surface area contributed by atoms with Crippen molar-refractivity contribution in [1.82, 2.24) is 0 Å². The molecule has 0 aromatic rings. The molecule has 0 unspecified atom stereocenters. The Morgan fingerprint density at radius 1 is 1.83 bits per heavy atom. The third-order valence-electron chi connectivity index (χ3n) is 0.505. The maximum absolute atomic E-state index is 9.77. The van der Waals surface area contributed by atoms with E-state index in [1.54, 1.807) is 0 Å². The molecule has 34 valence electrons. The van der Waals surface area contributed by atoms with Crippen LogP contribution in [0.2, 0.25) is 0 Å². The summed E-state index contributed by atoms with van der Waals surface area (Å²) in [6, 6.07) is 0. The van der Waals surface area contributed by atoms with Crippen molar-refractivity contribution < 1.29 is 16.1 Å². The van der Waals surface area contributed by atoms with Gasteiger partial charge in [0.1, 0.15) is 0 Å². The zero-order chi connectivity index (χ0) is 5.15. The van der Waals surface area contributed by atoms with Crippen LogP contribution < -0.4 is 0 Å². The van der Waals surface area contributed by atoms with E-state index in [1.165, 1.54) is 6.92 Å². The molecule has 0 amide bonds. The molecular formula is C2H6DbO3. The molecule has 0 bridgehead atoms. The molecule has 2 N–H and O–H groups in total. The van der Waals surface area contributed by atoms with Crippen molar-refractivity contribution in [2.75, 3.05) is 0 Å². The van der Waals surface area contributed by atoms with Gasteiger partial charge in [-0.2, -0.15) is 0 Å². The van der Waals surface area contributed by atoms with Crippen LogP contribution in [0, 0.1) is 0 Å². The van der Waals surface area contributed by atoms with Gasteiger partial charge in [-0.1, -0.05) is 0 Å². The summed E-state index contributed by atoms with van der Waals surface area (Å²) in [6.45, 7) is 0.427. The number of rotatable bonds is 1. The number of hydrogen-bond acceptors (Lipinski definition) is 2. The summed E-state index contributed by atoms with van der Waals surface area (Å²) in [5, 5.41) is 8.17.